The van der Waals surface area contributed by atoms with E-state index in [1.807, 2.05) is 0 Å². The maximum atomic E-state index is 9.48. The number of Topliss-reactive ketones (excluding diaryl/α,β-unsaturated/α-hetero) is 2. The molecule has 0 rings (SSSR count). The van der Waals surface area contributed by atoms with Crippen molar-refractivity contribution in [1.82, 2.24) is 0 Å². The number of hydrogen-bond donors (Lipinski definition) is 0. The van der Waals surface area contributed by atoms with Crippen LogP contribution in [0, 0.1) is 0 Å². The molecule has 7 heteroatoms. The van der Waals surface area contributed by atoms with E-state index in [9.17, 15) is 29.4 Å². The molecule has 6 nitrogen and oxygen atoms in total. The fourth-order valence-electron chi connectivity index (χ4n) is 0. The Balaban J connectivity index is -0.000000143. The predicted molar refractivity (Wildman–Crippen MR) is 37.1 cm³/mol. The third-order valence-corrected chi connectivity index (χ3v) is 0.575. The molecule has 0 fully saturated rings. The van der Waals surface area contributed by atoms with Gasteiger partial charge in [-0.15, -0.1) is 0 Å². The maximum Gasteiger partial charge on any atom is 2.00 e. The molecular formula is C6H6BaO6. The zero-order valence-corrected chi connectivity index (χ0v) is 11.6. The fraction of sp³-hybridized carbons (Fsp3) is 0.333. The predicted octanol–water partition coefficient (Wildman–Crippen LogP) is -3.73. The van der Waals surface area contributed by atoms with E-state index in [4.69, 9.17) is 0 Å². The van der Waals surface area contributed by atoms with Crippen molar-refractivity contribution in [1.29, 1.82) is 0 Å². The SMILES string of the molecule is CC(=O)C(=O)[O-].CC(=O)C(=O)[O-].[Ba+2]. The van der Waals surface area contributed by atoms with Gasteiger partial charge in [-0.25, -0.2) is 0 Å². The van der Waals surface area contributed by atoms with E-state index in [0.717, 1.165) is 13.8 Å². The van der Waals surface area contributed by atoms with Crippen molar-refractivity contribution in [2.45, 2.75) is 13.8 Å². The average Bonchev–Trinajstić information content (AvgIpc) is 1.88. The Morgan fingerprint density at radius 1 is 0.769 bits per heavy atom. The molecule has 0 saturated heterocycles. The number of rotatable bonds is 2. The van der Waals surface area contributed by atoms with Gasteiger partial charge in [0.1, 0.15) is 11.9 Å². The molecule has 0 aromatic heterocycles. The van der Waals surface area contributed by atoms with Crippen LogP contribution in [0.25, 0.3) is 0 Å². The van der Waals surface area contributed by atoms with Gasteiger partial charge in [0.15, 0.2) is 11.6 Å². The van der Waals surface area contributed by atoms with Crippen molar-refractivity contribution in [3.63, 3.8) is 0 Å². The smallest absolute Gasteiger partial charge is 0.542 e. The summed E-state index contributed by atoms with van der Waals surface area (Å²) in [6, 6.07) is 0. The molecular weight excluding hydrogens is 305 g/mol. The van der Waals surface area contributed by atoms with Crippen LogP contribution in [0.5, 0.6) is 0 Å². The normalized spacial score (nSPS) is 6.92. The fourth-order valence-corrected chi connectivity index (χ4v) is 0. The Morgan fingerprint density at radius 2 is 0.846 bits per heavy atom. The molecule has 0 aromatic carbocycles. The Bertz CT molecular complexity index is 173. The number of carbonyl (C=O) groups is 4. The topological polar surface area (TPSA) is 114 Å². The van der Waals surface area contributed by atoms with Crippen molar-refractivity contribution in [2.24, 2.45) is 0 Å². The van der Waals surface area contributed by atoms with Crippen LogP contribution in [-0.2, 0) is 19.2 Å². The molecule has 0 aliphatic carbocycles. The Morgan fingerprint density at radius 3 is 0.846 bits per heavy atom. The van der Waals surface area contributed by atoms with Crippen LogP contribution >= 0.6 is 0 Å². The molecule has 0 aromatic rings. The largest absolute Gasteiger partial charge is 2.00 e. The van der Waals surface area contributed by atoms with Crippen LogP contribution in [0.1, 0.15) is 13.8 Å². The summed E-state index contributed by atoms with van der Waals surface area (Å²) >= 11 is 0. The van der Waals surface area contributed by atoms with E-state index in [0.29, 0.717) is 0 Å². The second-order valence-electron chi connectivity index (χ2n) is 1.69. The Hall–Kier alpha value is -0.149. The quantitative estimate of drug-likeness (QED) is 0.382. The Labute approximate surface area is 114 Å². The van der Waals surface area contributed by atoms with Gasteiger partial charge >= 0.3 is 48.9 Å². The van der Waals surface area contributed by atoms with Gasteiger partial charge in [-0.3, -0.25) is 9.59 Å². The van der Waals surface area contributed by atoms with Gasteiger partial charge in [-0.2, -0.15) is 0 Å². The third-order valence-electron chi connectivity index (χ3n) is 0.575. The second kappa shape index (κ2) is 9.94. The summed E-state index contributed by atoms with van der Waals surface area (Å²) in [5.74, 6) is -5.13. The first kappa shape index (κ1) is 18.6. The minimum atomic E-state index is -1.63. The number of carboxylic acids is 2. The summed E-state index contributed by atoms with van der Waals surface area (Å²) in [5, 5.41) is 18.5. The first-order valence-electron chi connectivity index (χ1n) is 2.72. The molecule has 68 valence electrons. The molecule has 0 atom stereocenters. The zero-order chi connectivity index (χ0) is 10.3. The summed E-state index contributed by atoms with van der Waals surface area (Å²) in [5.41, 5.74) is 0. The Kier molecular flexibility index (Phi) is 14.2. The molecule has 0 unspecified atom stereocenters. The number of hydrogen-bond acceptors (Lipinski definition) is 6. The molecule has 0 aliphatic heterocycles. The number of aliphatic carboxylic acids is 2. The molecule has 0 N–H and O–H groups in total. The molecule has 0 heterocycles. The van der Waals surface area contributed by atoms with Crippen LogP contribution in [0.15, 0.2) is 0 Å². The van der Waals surface area contributed by atoms with Gasteiger partial charge in [-0.05, 0) is 0 Å². The van der Waals surface area contributed by atoms with Gasteiger partial charge in [0.05, 0.1) is 0 Å². The molecule has 0 bridgehead atoms. The van der Waals surface area contributed by atoms with Crippen LogP contribution < -0.4 is 10.2 Å². The number of ketones is 2. The molecule has 13 heavy (non-hydrogen) atoms. The van der Waals surface area contributed by atoms with Crippen molar-refractivity contribution in [3.8, 4) is 0 Å². The first-order chi connectivity index (χ1) is 5.29. The third kappa shape index (κ3) is 18.7. The van der Waals surface area contributed by atoms with Crippen LogP contribution in [0.4, 0.5) is 0 Å². The van der Waals surface area contributed by atoms with Gasteiger partial charge in [-0.1, -0.05) is 0 Å². The van der Waals surface area contributed by atoms with Crippen molar-refractivity contribution in [2.75, 3.05) is 0 Å². The summed E-state index contributed by atoms with van der Waals surface area (Å²) in [7, 11) is 0. The second-order valence-corrected chi connectivity index (χ2v) is 1.69. The first-order valence-corrected chi connectivity index (χ1v) is 2.72. The van der Waals surface area contributed by atoms with Gasteiger partial charge < -0.3 is 19.8 Å². The van der Waals surface area contributed by atoms with E-state index >= 15 is 0 Å². The minimum absolute atomic E-state index is 0. The van der Waals surface area contributed by atoms with Crippen LogP contribution in [0.2, 0.25) is 0 Å². The van der Waals surface area contributed by atoms with Crippen LogP contribution in [-0.4, -0.2) is 72.4 Å². The van der Waals surface area contributed by atoms with E-state index < -0.39 is 23.5 Å². The summed E-state index contributed by atoms with van der Waals surface area (Å²) in [6.07, 6.45) is 0. The average molecular weight is 311 g/mol. The molecule has 0 saturated carbocycles. The van der Waals surface area contributed by atoms with E-state index in [-0.39, 0.29) is 48.9 Å². The molecule has 0 aliphatic rings. The molecule has 0 radical (unpaired) electrons. The van der Waals surface area contributed by atoms with E-state index in [1.54, 1.807) is 0 Å². The summed E-state index contributed by atoms with van der Waals surface area (Å²) in [4.78, 5) is 37.4. The zero-order valence-electron chi connectivity index (χ0n) is 7.16. The van der Waals surface area contributed by atoms with Gasteiger partial charge in [0, 0.05) is 13.8 Å². The maximum absolute atomic E-state index is 9.48. The van der Waals surface area contributed by atoms with Crippen molar-refractivity contribution in [3.05, 3.63) is 0 Å². The molecule has 0 amide bonds. The number of carboxylic acid groups (broad SMARTS) is 2. The van der Waals surface area contributed by atoms with E-state index in [1.165, 1.54) is 0 Å². The summed E-state index contributed by atoms with van der Waals surface area (Å²) in [6.45, 7) is 1.88. The monoisotopic (exact) mass is 312 g/mol. The number of carbonyl (C=O) groups excluding carboxylic acids is 4. The van der Waals surface area contributed by atoms with Gasteiger partial charge in [0.25, 0.3) is 0 Å². The summed E-state index contributed by atoms with van der Waals surface area (Å²) < 4.78 is 0. The molecule has 0 spiro atoms. The van der Waals surface area contributed by atoms with Crippen molar-refractivity contribution < 1.29 is 29.4 Å². The standard InChI is InChI=1S/2C3H4O3.Ba/c2*1-2(4)3(5)6;/h2*1H3,(H,5,6);/q;;+2/p-2. The van der Waals surface area contributed by atoms with Crippen molar-refractivity contribution >= 4 is 72.4 Å². The minimum Gasteiger partial charge on any atom is -0.542 e. The van der Waals surface area contributed by atoms with Gasteiger partial charge in [0.2, 0.25) is 0 Å². The van der Waals surface area contributed by atoms with E-state index in [2.05, 4.69) is 0 Å². The van der Waals surface area contributed by atoms with Crippen LogP contribution in [0.3, 0.4) is 0 Å².